The zero-order valence-corrected chi connectivity index (χ0v) is 18.1. The topological polar surface area (TPSA) is 52.6 Å². The van der Waals surface area contributed by atoms with Crippen molar-refractivity contribution >= 4 is 35.8 Å². The number of nitrogens with zero attached hydrogens (tertiary/aromatic N) is 3. The molecule has 26 heavy (non-hydrogen) atoms. The molecular weight excluding hydrogens is 444 g/mol. The summed E-state index contributed by atoms with van der Waals surface area (Å²) < 4.78 is 13.9. The van der Waals surface area contributed by atoms with Gasteiger partial charge in [-0.05, 0) is 36.8 Å². The molecule has 2 heterocycles. The van der Waals surface area contributed by atoms with Gasteiger partial charge in [-0.3, -0.25) is 4.99 Å². The molecule has 0 aromatic carbocycles. The van der Waals surface area contributed by atoms with Crippen LogP contribution in [0.5, 0.6) is 0 Å². The molecule has 1 aliphatic heterocycles. The number of anilines is 1. The fourth-order valence-corrected chi connectivity index (χ4v) is 3.99. The lowest BCUT2D eigenvalue weighted by Gasteiger charge is -2.29. The van der Waals surface area contributed by atoms with Crippen LogP contribution in [0.3, 0.4) is 0 Å². The van der Waals surface area contributed by atoms with Gasteiger partial charge in [-0.15, -0.1) is 24.0 Å². The Kier molecular flexibility index (Phi) is 8.37. The molecule has 2 fully saturated rings. The van der Waals surface area contributed by atoms with E-state index in [0.717, 1.165) is 43.9 Å². The Bertz CT molecular complexity index is 597. The highest BCUT2D eigenvalue weighted by Gasteiger charge is 2.26. The van der Waals surface area contributed by atoms with Crippen LogP contribution in [0.2, 0.25) is 0 Å². The van der Waals surface area contributed by atoms with Gasteiger partial charge in [0.15, 0.2) is 17.6 Å². The molecule has 0 spiro atoms. The van der Waals surface area contributed by atoms with Gasteiger partial charge in [0.1, 0.15) is 0 Å². The summed E-state index contributed by atoms with van der Waals surface area (Å²) in [5.41, 5.74) is 0. The van der Waals surface area contributed by atoms with E-state index < -0.39 is 0 Å². The third-order valence-electron chi connectivity index (χ3n) is 5.61. The lowest BCUT2D eigenvalue weighted by Crippen LogP contribution is -2.46. The Balaban J connectivity index is 0.00000243. The van der Waals surface area contributed by atoms with E-state index in [9.17, 15) is 4.39 Å². The van der Waals surface area contributed by atoms with Gasteiger partial charge in [0, 0.05) is 38.9 Å². The van der Waals surface area contributed by atoms with Crippen LogP contribution in [-0.2, 0) is 0 Å². The zero-order valence-electron chi connectivity index (χ0n) is 15.7. The molecule has 1 saturated carbocycles. The largest absolute Gasteiger partial charge is 0.356 e. The summed E-state index contributed by atoms with van der Waals surface area (Å²) in [5, 5.41) is 6.98. The molecule has 2 N–H and O–H groups in total. The van der Waals surface area contributed by atoms with Crippen LogP contribution in [0, 0.1) is 17.7 Å². The molecule has 3 atom stereocenters. The third-order valence-corrected chi connectivity index (χ3v) is 5.61. The number of pyridine rings is 1. The SMILES string of the molecule is CN=C(NCC1CCCCC1C)NC1CCN(c2ncccc2F)C1.I. The first-order chi connectivity index (χ1) is 12.2. The standard InChI is InChI=1S/C19H30FN5.HI/c1-14-6-3-4-7-15(14)12-23-19(21-2)24-16-9-11-25(13-16)18-17(20)8-5-10-22-18;/h5,8,10,14-16H,3-4,6-7,9,11-13H2,1-2H3,(H2,21,23,24);1H. The van der Waals surface area contributed by atoms with Gasteiger partial charge in [0.25, 0.3) is 0 Å². The summed E-state index contributed by atoms with van der Waals surface area (Å²) in [5.74, 6) is 2.57. The molecule has 5 nitrogen and oxygen atoms in total. The first-order valence-electron chi connectivity index (χ1n) is 9.50. The maximum atomic E-state index is 13.9. The van der Waals surface area contributed by atoms with Crippen molar-refractivity contribution < 1.29 is 4.39 Å². The van der Waals surface area contributed by atoms with Gasteiger partial charge in [0.05, 0.1) is 0 Å². The molecule has 146 valence electrons. The van der Waals surface area contributed by atoms with E-state index in [0.29, 0.717) is 5.82 Å². The van der Waals surface area contributed by atoms with Crippen molar-refractivity contribution in [2.45, 2.75) is 45.1 Å². The second kappa shape index (κ2) is 10.3. The Morgan fingerprint density at radius 1 is 1.35 bits per heavy atom. The maximum Gasteiger partial charge on any atom is 0.191 e. The lowest BCUT2D eigenvalue weighted by atomic mass is 9.80. The molecule has 7 heteroatoms. The molecule has 1 saturated heterocycles. The highest BCUT2D eigenvalue weighted by Crippen LogP contribution is 2.28. The fourth-order valence-electron chi connectivity index (χ4n) is 3.99. The summed E-state index contributed by atoms with van der Waals surface area (Å²) >= 11 is 0. The predicted octanol–water partition coefficient (Wildman–Crippen LogP) is 3.41. The number of hydrogen-bond acceptors (Lipinski definition) is 3. The van der Waals surface area contributed by atoms with Crippen LogP contribution < -0.4 is 15.5 Å². The summed E-state index contributed by atoms with van der Waals surface area (Å²) in [6, 6.07) is 3.36. The number of aromatic nitrogens is 1. The predicted molar refractivity (Wildman–Crippen MR) is 116 cm³/mol. The average Bonchev–Trinajstić information content (AvgIpc) is 3.08. The fraction of sp³-hybridized carbons (Fsp3) is 0.684. The van der Waals surface area contributed by atoms with Crippen LogP contribution in [0.15, 0.2) is 23.3 Å². The van der Waals surface area contributed by atoms with Crippen molar-refractivity contribution in [1.29, 1.82) is 0 Å². The molecule has 0 radical (unpaired) electrons. The molecule has 1 aromatic heterocycles. The van der Waals surface area contributed by atoms with Crippen LogP contribution in [0.4, 0.5) is 10.2 Å². The van der Waals surface area contributed by atoms with Crippen molar-refractivity contribution in [2.24, 2.45) is 16.8 Å². The summed E-state index contributed by atoms with van der Waals surface area (Å²) in [7, 11) is 1.81. The van der Waals surface area contributed by atoms with E-state index in [2.05, 4.69) is 27.5 Å². The van der Waals surface area contributed by atoms with Gasteiger partial charge in [-0.25, -0.2) is 9.37 Å². The molecular formula is C19H31FIN5. The van der Waals surface area contributed by atoms with E-state index in [1.165, 1.54) is 31.7 Å². The molecule has 1 aliphatic carbocycles. The quantitative estimate of drug-likeness (QED) is 0.398. The number of rotatable bonds is 4. The normalized spacial score (nSPS) is 26.3. The van der Waals surface area contributed by atoms with E-state index in [1.54, 1.807) is 12.3 Å². The first-order valence-corrected chi connectivity index (χ1v) is 9.50. The number of halogens is 2. The van der Waals surface area contributed by atoms with E-state index >= 15 is 0 Å². The summed E-state index contributed by atoms with van der Waals surface area (Å²) in [6.07, 6.45) is 7.96. The lowest BCUT2D eigenvalue weighted by molar-refractivity contribution is 0.256. The molecule has 0 bridgehead atoms. The van der Waals surface area contributed by atoms with Crippen LogP contribution >= 0.6 is 24.0 Å². The minimum atomic E-state index is -0.253. The second-order valence-electron chi connectivity index (χ2n) is 7.36. The van der Waals surface area contributed by atoms with E-state index in [1.807, 2.05) is 11.9 Å². The maximum absolute atomic E-state index is 13.9. The van der Waals surface area contributed by atoms with E-state index in [-0.39, 0.29) is 35.8 Å². The van der Waals surface area contributed by atoms with Gasteiger partial charge in [-0.1, -0.05) is 26.2 Å². The Morgan fingerprint density at radius 3 is 2.88 bits per heavy atom. The van der Waals surface area contributed by atoms with Crippen LogP contribution in [-0.4, -0.2) is 43.7 Å². The Hall–Kier alpha value is -1.12. The molecule has 3 rings (SSSR count). The van der Waals surface area contributed by atoms with Gasteiger partial charge >= 0.3 is 0 Å². The Morgan fingerprint density at radius 2 is 2.15 bits per heavy atom. The van der Waals surface area contributed by atoms with Crippen molar-refractivity contribution in [3.05, 3.63) is 24.1 Å². The van der Waals surface area contributed by atoms with Crippen molar-refractivity contribution in [2.75, 3.05) is 31.6 Å². The van der Waals surface area contributed by atoms with Crippen molar-refractivity contribution in [3.63, 3.8) is 0 Å². The number of nitrogens with one attached hydrogen (secondary N) is 2. The van der Waals surface area contributed by atoms with Crippen molar-refractivity contribution in [1.82, 2.24) is 15.6 Å². The number of aliphatic imine (C=N–C) groups is 1. The van der Waals surface area contributed by atoms with Crippen molar-refractivity contribution in [3.8, 4) is 0 Å². The molecule has 0 amide bonds. The first kappa shape index (κ1) is 21.2. The van der Waals surface area contributed by atoms with Gasteiger partial charge < -0.3 is 15.5 Å². The van der Waals surface area contributed by atoms with Gasteiger partial charge in [0.2, 0.25) is 0 Å². The molecule has 2 aliphatic rings. The van der Waals surface area contributed by atoms with Gasteiger partial charge in [-0.2, -0.15) is 0 Å². The minimum absolute atomic E-state index is 0. The molecule has 1 aromatic rings. The highest BCUT2D eigenvalue weighted by atomic mass is 127. The number of guanidine groups is 1. The van der Waals surface area contributed by atoms with Crippen LogP contribution in [0.1, 0.15) is 39.0 Å². The highest BCUT2D eigenvalue weighted by molar-refractivity contribution is 14.0. The molecule has 3 unspecified atom stereocenters. The summed E-state index contributed by atoms with van der Waals surface area (Å²) in [6.45, 7) is 4.89. The van der Waals surface area contributed by atoms with E-state index in [4.69, 9.17) is 0 Å². The minimum Gasteiger partial charge on any atom is -0.356 e. The smallest absolute Gasteiger partial charge is 0.191 e. The average molecular weight is 475 g/mol. The third kappa shape index (κ3) is 5.44. The van der Waals surface area contributed by atoms with Crippen LogP contribution in [0.25, 0.3) is 0 Å². The monoisotopic (exact) mass is 475 g/mol. The second-order valence-corrected chi connectivity index (χ2v) is 7.36. The Labute approximate surface area is 173 Å². The zero-order chi connectivity index (χ0) is 17.6. The summed E-state index contributed by atoms with van der Waals surface area (Å²) in [4.78, 5) is 10.5. The number of hydrogen-bond donors (Lipinski definition) is 2.